The van der Waals surface area contributed by atoms with Gasteiger partial charge < -0.3 is 15.2 Å². The lowest BCUT2D eigenvalue weighted by molar-refractivity contribution is 0.0525. The molecule has 0 saturated heterocycles. The maximum absolute atomic E-state index is 13.0. The lowest BCUT2D eigenvalue weighted by atomic mass is 10.1. The van der Waals surface area contributed by atoms with Crippen LogP contribution < -0.4 is 10.2 Å². The number of nitrogens with one attached hydrogen (secondary N) is 1. The van der Waals surface area contributed by atoms with Crippen LogP contribution in [0.4, 0.5) is 11.4 Å². The molecule has 0 atom stereocenters. The Bertz CT molecular complexity index is 1330. The largest absolute Gasteiger partial charge is 0.478 e. The average molecular weight is 458 g/mol. The lowest BCUT2D eigenvalue weighted by Gasteiger charge is -2.14. The van der Waals surface area contributed by atoms with Gasteiger partial charge in [0.15, 0.2) is 0 Å². The summed E-state index contributed by atoms with van der Waals surface area (Å²) in [6.07, 6.45) is 0. The zero-order chi connectivity index (χ0) is 24.4. The van der Waals surface area contributed by atoms with E-state index in [1.54, 1.807) is 6.92 Å². The van der Waals surface area contributed by atoms with Crippen molar-refractivity contribution in [3.8, 4) is 0 Å². The topological polar surface area (TPSA) is 130 Å². The van der Waals surface area contributed by atoms with Gasteiger partial charge in [-0.3, -0.25) is 14.4 Å². The van der Waals surface area contributed by atoms with Crippen molar-refractivity contribution < 1.29 is 33.8 Å². The highest BCUT2D eigenvalue weighted by Crippen LogP contribution is 2.29. The second-order valence-electron chi connectivity index (χ2n) is 7.31. The molecule has 3 aromatic carbocycles. The third-order valence-corrected chi connectivity index (χ3v) is 5.18. The highest BCUT2D eigenvalue weighted by molar-refractivity contribution is 6.34. The number of nitrogens with zero attached hydrogens (tertiary/aromatic N) is 1. The van der Waals surface area contributed by atoms with Gasteiger partial charge in [-0.25, -0.2) is 14.5 Å². The van der Waals surface area contributed by atoms with Gasteiger partial charge >= 0.3 is 11.9 Å². The Balaban J connectivity index is 1.54. The van der Waals surface area contributed by atoms with Gasteiger partial charge in [0.1, 0.15) is 0 Å². The van der Waals surface area contributed by atoms with Gasteiger partial charge in [0.2, 0.25) is 0 Å². The molecule has 1 heterocycles. The molecular formula is C25H18N2O7. The summed E-state index contributed by atoms with van der Waals surface area (Å²) >= 11 is 0. The highest BCUT2D eigenvalue weighted by Gasteiger charge is 2.37. The molecule has 1 aliphatic heterocycles. The molecule has 0 aliphatic carbocycles. The molecule has 9 heteroatoms. The number of rotatable bonds is 6. The Morgan fingerprint density at radius 2 is 1.41 bits per heavy atom. The van der Waals surface area contributed by atoms with Crippen molar-refractivity contribution in [2.24, 2.45) is 0 Å². The van der Waals surface area contributed by atoms with Crippen LogP contribution in [0.5, 0.6) is 0 Å². The maximum atomic E-state index is 13.0. The number of esters is 1. The molecule has 0 fully saturated rings. The highest BCUT2D eigenvalue weighted by atomic mass is 16.5. The fourth-order valence-corrected chi connectivity index (χ4v) is 3.48. The Morgan fingerprint density at radius 3 is 2.03 bits per heavy atom. The predicted molar refractivity (Wildman–Crippen MR) is 121 cm³/mol. The van der Waals surface area contributed by atoms with Crippen LogP contribution in [0.25, 0.3) is 0 Å². The van der Waals surface area contributed by atoms with E-state index in [4.69, 9.17) is 9.84 Å². The van der Waals surface area contributed by atoms with Crippen molar-refractivity contribution in [1.29, 1.82) is 0 Å². The zero-order valence-corrected chi connectivity index (χ0v) is 17.9. The summed E-state index contributed by atoms with van der Waals surface area (Å²) in [4.78, 5) is 62.2. The fraction of sp³-hybridized carbons (Fsp3) is 0.0800. The molecule has 0 unspecified atom stereocenters. The van der Waals surface area contributed by atoms with Crippen molar-refractivity contribution in [2.75, 3.05) is 16.8 Å². The molecule has 0 radical (unpaired) electrons. The van der Waals surface area contributed by atoms with Crippen LogP contribution in [-0.2, 0) is 4.74 Å². The molecule has 1 aliphatic rings. The molecule has 9 nitrogen and oxygen atoms in total. The summed E-state index contributed by atoms with van der Waals surface area (Å²) in [6.45, 7) is 1.91. The van der Waals surface area contributed by atoms with E-state index in [9.17, 15) is 24.0 Å². The van der Waals surface area contributed by atoms with Crippen LogP contribution in [0.1, 0.15) is 58.7 Å². The second kappa shape index (κ2) is 8.99. The summed E-state index contributed by atoms with van der Waals surface area (Å²) < 4.78 is 4.93. The van der Waals surface area contributed by atoms with E-state index in [0.29, 0.717) is 5.69 Å². The molecule has 2 N–H and O–H groups in total. The number of hydrogen-bond donors (Lipinski definition) is 2. The molecule has 0 bridgehead atoms. The minimum absolute atomic E-state index is 0.0772. The normalized spacial score (nSPS) is 12.3. The number of benzene rings is 3. The number of imide groups is 1. The van der Waals surface area contributed by atoms with Gasteiger partial charge in [0.05, 0.1) is 34.5 Å². The Hall–Kier alpha value is -4.79. The van der Waals surface area contributed by atoms with E-state index in [1.165, 1.54) is 66.7 Å². The van der Waals surface area contributed by atoms with Crippen LogP contribution in [0.15, 0.2) is 66.7 Å². The summed E-state index contributed by atoms with van der Waals surface area (Å²) in [5.74, 6) is -3.25. The van der Waals surface area contributed by atoms with Gasteiger partial charge in [-0.05, 0) is 73.7 Å². The first-order valence-electron chi connectivity index (χ1n) is 10.2. The molecule has 3 amide bonds. The standard InChI is InChI=1S/C25H18N2O7/c1-2-34-25(33)15-5-10-18(11-6-15)27-22(29)19-12-7-16(13-20(19)23(27)30)21(28)26-17-8-3-14(4-9-17)24(31)32/h3-13H,2H2,1H3,(H,26,28)(H,31,32). The Kier molecular flexibility index (Phi) is 5.92. The van der Waals surface area contributed by atoms with Crippen LogP contribution in [-0.4, -0.2) is 41.4 Å². The number of hydrogen-bond acceptors (Lipinski definition) is 6. The summed E-state index contributed by atoms with van der Waals surface area (Å²) in [6, 6.07) is 15.7. The van der Waals surface area contributed by atoms with E-state index in [1.807, 2.05) is 0 Å². The second-order valence-corrected chi connectivity index (χ2v) is 7.31. The van der Waals surface area contributed by atoms with E-state index in [0.717, 1.165) is 4.90 Å². The molecule has 170 valence electrons. The van der Waals surface area contributed by atoms with Gasteiger partial charge in [-0.1, -0.05) is 0 Å². The third kappa shape index (κ3) is 4.14. The predicted octanol–water partition coefficient (Wildman–Crippen LogP) is 3.61. The third-order valence-electron chi connectivity index (χ3n) is 5.18. The van der Waals surface area contributed by atoms with Crippen molar-refractivity contribution in [1.82, 2.24) is 0 Å². The number of anilines is 2. The summed E-state index contributed by atoms with van der Waals surface area (Å²) in [7, 11) is 0. The Labute approximate surface area is 193 Å². The fourth-order valence-electron chi connectivity index (χ4n) is 3.48. The molecular weight excluding hydrogens is 440 g/mol. The average Bonchev–Trinajstić information content (AvgIpc) is 3.09. The molecule has 34 heavy (non-hydrogen) atoms. The van der Waals surface area contributed by atoms with Crippen molar-refractivity contribution in [3.05, 3.63) is 94.5 Å². The van der Waals surface area contributed by atoms with Gasteiger partial charge in [0, 0.05) is 11.3 Å². The molecule has 0 saturated carbocycles. The number of amides is 3. The smallest absolute Gasteiger partial charge is 0.338 e. The van der Waals surface area contributed by atoms with E-state index in [2.05, 4.69) is 5.32 Å². The zero-order valence-electron chi connectivity index (χ0n) is 17.9. The van der Waals surface area contributed by atoms with Crippen molar-refractivity contribution in [2.45, 2.75) is 6.92 Å². The molecule has 3 aromatic rings. The van der Waals surface area contributed by atoms with Crippen molar-refractivity contribution in [3.63, 3.8) is 0 Å². The molecule has 0 spiro atoms. The number of aromatic carboxylic acids is 1. The van der Waals surface area contributed by atoms with E-state index in [-0.39, 0.29) is 40.1 Å². The van der Waals surface area contributed by atoms with Crippen LogP contribution >= 0.6 is 0 Å². The summed E-state index contributed by atoms with van der Waals surface area (Å²) in [5.41, 5.74) is 1.41. The minimum atomic E-state index is -1.08. The van der Waals surface area contributed by atoms with E-state index < -0.39 is 29.7 Å². The SMILES string of the molecule is CCOC(=O)c1ccc(N2C(=O)c3ccc(C(=O)Nc4ccc(C(=O)O)cc4)cc3C2=O)cc1. The number of carboxylic acids is 1. The summed E-state index contributed by atoms with van der Waals surface area (Å²) in [5, 5.41) is 11.6. The minimum Gasteiger partial charge on any atom is -0.478 e. The monoisotopic (exact) mass is 458 g/mol. The molecule has 4 rings (SSSR count). The molecule has 0 aromatic heterocycles. The number of carbonyl (C=O) groups is 5. The Morgan fingerprint density at radius 1 is 0.824 bits per heavy atom. The number of carboxylic acid groups (broad SMARTS) is 1. The van der Waals surface area contributed by atoms with Gasteiger partial charge in [-0.2, -0.15) is 0 Å². The quantitative estimate of drug-likeness (QED) is 0.426. The first kappa shape index (κ1) is 22.4. The number of fused-ring (bicyclic) bond motifs is 1. The van der Waals surface area contributed by atoms with E-state index >= 15 is 0 Å². The van der Waals surface area contributed by atoms with Gasteiger partial charge in [0.25, 0.3) is 17.7 Å². The first-order chi connectivity index (χ1) is 16.3. The first-order valence-corrected chi connectivity index (χ1v) is 10.2. The number of ether oxygens (including phenoxy) is 1. The van der Waals surface area contributed by atoms with Crippen LogP contribution in [0.2, 0.25) is 0 Å². The van der Waals surface area contributed by atoms with Gasteiger partial charge in [-0.15, -0.1) is 0 Å². The maximum Gasteiger partial charge on any atom is 0.338 e. The number of carbonyl (C=O) groups excluding carboxylic acids is 4. The van der Waals surface area contributed by atoms with Crippen LogP contribution in [0.3, 0.4) is 0 Å². The van der Waals surface area contributed by atoms with Crippen LogP contribution in [0, 0.1) is 0 Å². The van der Waals surface area contributed by atoms with Crippen molar-refractivity contribution >= 4 is 41.0 Å². The lowest BCUT2D eigenvalue weighted by Crippen LogP contribution is -2.29.